The van der Waals surface area contributed by atoms with Gasteiger partial charge >= 0.3 is 5.97 Å². The van der Waals surface area contributed by atoms with Gasteiger partial charge in [-0.3, -0.25) is 14.5 Å². The molecular formula is C21H24N2O4. The van der Waals surface area contributed by atoms with E-state index in [0.717, 1.165) is 29.1 Å². The maximum Gasteiger partial charge on any atom is 0.307 e. The average Bonchev–Trinajstić information content (AvgIpc) is 2.67. The number of ether oxygens (including phenoxy) is 1. The number of benzene rings is 2. The Bertz CT molecular complexity index is 802. The van der Waals surface area contributed by atoms with Crippen LogP contribution < -0.4 is 9.64 Å². The Morgan fingerprint density at radius 2 is 1.70 bits per heavy atom. The van der Waals surface area contributed by atoms with Gasteiger partial charge in [0.05, 0.1) is 19.6 Å². The molecule has 2 aromatic rings. The summed E-state index contributed by atoms with van der Waals surface area (Å²) in [5.74, 6) is 0.00904. The highest BCUT2D eigenvalue weighted by molar-refractivity contribution is 5.97. The Labute approximate surface area is 159 Å². The SMILES string of the molecule is COc1ccc(N2CCN(Cc3ccc(CC(=O)O)cc3)[C@@H](C)C2=O)cc1. The van der Waals surface area contributed by atoms with Crippen molar-refractivity contribution in [1.82, 2.24) is 4.90 Å². The van der Waals surface area contributed by atoms with E-state index in [4.69, 9.17) is 9.84 Å². The van der Waals surface area contributed by atoms with Crippen LogP contribution in [0, 0.1) is 0 Å². The van der Waals surface area contributed by atoms with Gasteiger partial charge in [0.25, 0.3) is 0 Å². The Morgan fingerprint density at radius 1 is 1.07 bits per heavy atom. The van der Waals surface area contributed by atoms with Crippen molar-refractivity contribution in [2.75, 3.05) is 25.1 Å². The van der Waals surface area contributed by atoms with Gasteiger partial charge in [0.1, 0.15) is 5.75 Å². The summed E-state index contributed by atoms with van der Waals surface area (Å²) in [4.78, 5) is 27.6. The zero-order chi connectivity index (χ0) is 19.4. The second-order valence-corrected chi connectivity index (χ2v) is 6.72. The zero-order valence-corrected chi connectivity index (χ0v) is 15.6. The summed E-state index contributed by atoms with van der Waals surface area (Å²) in [6, 6.07) is 14.8. The molecule has 0 aromatic heterocycles. The number of carbonyl (C=O) groups excluding carboxylic acids is 1. The summed E-state index contributed by atoms with van der Waals surface area (Å²) in [6.07, 6.45) is 0.0235. The summed E-state index contributed by atoms with van der Waals surface area (Å²) < 4.78 is 5.17. The highest BCUT2D eigenvalue weighted by Gasteiger charge is 2.32. The van der Waals surface area contributed by atoms with Crippen molar-refractivity contribution in [3.63, 3.8) is 0 Å². The van der Waals surface area contributed by atoms with Gasteiger partial charge in [-0.05, 0) is 42.3 Å². The first-order chi connectivity index (χ1) is 13.0. The van der Waals surface area contributed by atoms with Crippen LogP contribution in [0.5, 0.6) is 5.75 Å². The van der Waals surface area contributed by atoms with Gasteiger partial charge < -0.3 is 14.7 Å². The van der Waals surface area contributed by atoms with Crippen molar-refractivity contribution < 1.29 is 19.4 Å². The number of carbonyl (C=O) groups is 2. The molecule has 1 amide bonds. The van der Waals surface area contributed by atoms with Gasteiger partial charge in [0.15, 0.2) is 0 Å². The monoisotopic (exact) mass is 368 g/mol. The van der Waals surface area contributed by atoms with Crippen molar-refractivity contribution in [2.24, 2.45) is 0 Å². The van der Waals surface area contributed by atoms with E-state index in [1.807, 2.05) is 60.4 Å². The average molecular weight is 368 g/mol. The summed E-state index contributed by atoms with van der Waals surface area (Å²) in [6.45, 7) is 4.00. The molecule has 0 saturated carbocycles. The Kier molecular flexibility index (Phi) is 5.76. The fourth-order valence-electron chi connectivity index (χ4n) is 3.32. The highest BCUT2D eigenvalue weighted by atomic mass is 16.5. The Hall–Kier alpha value is -2.86. The number of anilines is 1. The van der Waals surface area contributed by atoms with Gasteiger partial charge in [-0.25, -0.2) is 0 Å². The second-order valence-electron chi connectivity index (χ2n) is 6.72. The number of aliphatic carboxylic acids is 1. The maximum absolute atomic E-state index is 12.8. The molecule has 1 fully saturated rings. The topological polar surface area (TPSA) is 70.1 Å². The largest absolute Gasteiger partial charge is 0.497 e. The fourth-order valence-corrected chi connectivity index (χ4v) is 3.32. The van der Waals surface area contributed by atoms with Crippen LogP contribution in [0.2, 0.25) is 0 Å². The van der Waals surface area contributed by atoms with Gasteiger partial charge in [-0.1, -0.05) is 24.3 Å². The lowest BCUT2D eigenvalue weighted by molar-refractivity contribution is -0.136. The third-order valence-corrected chi connectivity index (χ3v) is 4.93. The lowest BCUT2D eigenvalue weighted by atomic mass is 10.1. The lowest BCUT2D eigenvalue weighted by Gasteiger charge is -2.39. The third-order valence-electron chi connectivity index (χ3n) is 4.93. The first-order valence-corrected chi connectivity index (χ1v) is 8.97. The van der Waals surface area contributed by atoms with Gasteiger partial charge in [-0.2, -0.15) is 0 Å². The summed E-state index contributed by atoms with van der Waals surface area (Å²) in [7, 11) is 1.62. The van der Waals surface area contributed by atoms with Crippen LogP contribution in [-0.2, 0) is 22.6 Å². The van der Waals surface area contributed by atoms with E-state index in [9.17, 15) is 9.59 Å². The van der Waals surface area contributed by atoms with E-state index in [1.54, 1.807) is 7.11 Å². The van der Waals surface area contributed by atoms with Crippen LogP contribution in [0.1, 0.15) is 18.1 Å². The minimum absolute atomic E-state index is 0.0235. The van der Waals surface area contributed by atoms with Gasteiger partial charge in [0, 0.05) is 25.3 Å². The molecule has 3 rings (SSSR count). The number of hydrogen-bond donors (Lipinski definition) is 1. The number of nitrogens with zero attached hydrogens (tertiary/aromatic N) is 2. The first-order valence-electron chi connectivity index (χ1n) is 8.97. The van der Waals surface area contributed by atoms with Crippen molar-refractivity contribution in [1.29, 1.82) is 0 Å². The molecule has 6 heteroatoms. The Balaban J connectivity index is 1.64. The summed E-state index contributed by atoms with van der Waals surface area (Å²) >= 11 is 0. The number of hydrogen-bond acceptors (Lipinski definition) is 4. The van der Waals surface area contributed by atoms with Crippen molar-refractivity contribution in [2.45, 2.75) is 25.9 Å². The molecule has 1 saturated heterocycles. The van der Waals surface area contributed by atoms with E-state index in [0.29, 0.717) is 13.1 Å². The molecule has 0 unspecified atom stereocenters. The number of carboxylic acids is 1. The molecule has 1 N–H and O–H groups in total. The molecule has 2 aromatic carbocycles. The van der Waals surface area contributed by atoms with Gasteiger partial charge in [0.2, 0.25) is 5.91 Å². The standard InChI is InChI=1S/C21H24N2O4/c1-15-21(26)23(18-7-9-19(27-2)10-8-18)12-11-22(15)14-17-5-3-16(4-6-17)13-20(24)25/h3-10,15H,11-14H2,1-2H3,(H,24,25)/t15-/m0/s1. The predicted octanol–water partition coefficient (Wildman–Crippen LogP) is 2.56. The second kappa shape index (κ2) is 8.22. The van der Waals surface area contributed by atoms with Crippen LogP contribution in [0.25, 0.3) is 0 Å². The predicted molar refractivity (Wildman–Crippen MR) is 103 cm³/mol. The van der Waals surface area contributed by atoms with Crippen molar-refractivity contribution in [3.8, 4) is 5.75 Å². The molecular weight excluding hydrogens is 344 g/mol. The summed E-state index contributed by atoms with van der Waals surface area (Å²) in [5.41, 5.74) is 2.73. The molecule has 1 atom stereocenters. The van der Waals surface area contributed by atoms with E-state index in [1.165, 1.54) is 0 Å². The number of piperazine rings is 1. The van der Waals surface area contributed by atoms with Crippen molar-refractivity contribution in [3.05, 3.63) is 59.7 Å². The minimum atomic E-state index is -0.836. The molecule has 0 aliphatic carbocycles. The van der Waals surface area contributed by atoms with E-state index in [-0.39, 0.29) is 18.4 Å². The van der Waals surface area contributed by atoms with Crippen LogP contribution in [0.3, 0.4) is 0 Å². The van der Waals surface area contributed by atoms with E-state index in [2.05, 4.69) is 4.90 Å². The van der Waals surface area contributed by atoms with Crippen molar-refractivity contribution >= 4 is 17.6 Å². The Morgan fingerprint density at radius 3 is 2.30 bits per heavy atom. The number of carboxylic acid groups (broad SMARTS) is 1. The minimum Gasteiger partial charge on any atom is -0.497 e. The zero-order valence-electron chi connectivity index (χ0n) is 15.6. The molecule has 0 spiro atoms. The normalized spacial score (nSPS) is 17.8. The highest BCUT2D eigenvalue weighted by Crippen LogP contribution is 2.24. The van der Waals surface area contributed by atoms with Crippen LogP contribution in [-0.4, -0.2) is 48.1 Å². The molecule has 142 valence electrons. The van der Waals surface area contributed by atoms with Gasteiger partial charge in [-0.15, -0.1) is 0 Å². The molecule has 0 bridgehead atoms. The van der Waals surface area contributed by atoms with Crippen LogP contribution in [0.4, 0.5) is 5.69 Å². The van der Waals surface area contributed by atoms with E-state index < -0.39 is 5.97 Å². The first kappa shape index (κ1) is 18.9. The smallest absolute Gasteiger partial charge is 0.307 e. The number of amides is 1. The molecule has 1 aliphatic rings. The molecule has 6 nitrogen and oxygen atoms in total. The molecule has 0 radical (unpaired) electrons. The quantitative estimate of drug-likeness (QED) is 0.849. The molecule has 27 heavy (non-hydrogen) atoms. The van der Waals surface area contributed by atoms with Crippen LogP contribution >= 0.6 is 0 Å². The lowest BCUT2D eigenvalue weighted by Crippen LogP contribution is -2.55. The third kappa shape index (κ3) is 4.46. The summed E-state index contributed by atoms with van der Waals surface area (Å²) in [5, 5.41) is 8.85. The molecule has 1 aliphatic heterocycles. The fraction of sp³-hybridized carbons (Fsp3) is 0.333. The number of rotatable bonds is 6. The van der Waals surface area contributed by atoms with Crippen LogP contribution in [0.15, 0.2) is 48.5 Å². The van der Waals surface area contributed by atoms with E-state index >= 15 is 0 Å². The molecule has 1 heterocycles. The maximum atomic E-state index is 12.8. The number of methoxy groups -OCH3 is 1.